The summed E-state index contributed by atoms with van der Waals surface area (Å²) in [5.74, 6) is 0. The number of rotatable bonds is 0. The number of hydrogen-bond donors (Lipinski definition) is 0. The van der Waals surface area contributed by atoms with Gasteiger partial charge in [0.25, 0.3) is 0 Å². The predicted molar refractivity (Wildman–Crippen MR) is 51.2 cm³/mol. The first kappa shape index (κ1) is 7.87. The van der Waals surface area contributed by atoms with Crippen LogP contribution in [0.15, 0.2) is 12.1 Å². The average molecular weight is 152 g/mol. The summed E-state index contributed by atoms with van der Waals surface area (Å²) in [6, 6.07) is 4.41. The quantitative estimate of drug-likeness (QED) is 0.491. The number of thiophene rings is 1. The third-order valence-electron chi connectivity index (χ3n) is 1.48. The van der Waals surface area contributed by atoms with E-state index in [1.165, 1.54) is 9.65 Å². The second-order valence-corrected chi connectivity index (χ2v) is 4.95. The van der Waals surface area contributed by atoms with Gasteiger partial charge in [0.1, 0.15) is 0 Å². The Bertz CT molecular complexity index is 219. The van der Waals surface area contributed by atoms with E-state index in [1.54, 1.807) is 0 Å². The van der Waals surface area contributed by atoms with Gasteiger partial charge in [-0.25, -0.2) is 0 Å². The van der Waals surface area contributed by atoms with E-state index in [1.807, 2.05) is 11.3 Å². The van der Waals surface area contributed by atoms with E-state index in [0.717, 1.165) is 0 Å². The molecule has 0 aliphatic heterocycles. The van der Waals surface area contributed by atoms with Crippen molar-refractivity contribution in [1.29, 1.82) is 0 Å². The topological polar surface area (TPSA) is 0 Å². The van der Waals surface area contributed by atoms with Gasteiger partial charge in [0.15, 0.2) is 7.85 Å². The molecule has 1 aromatic rings. The molecule has 10 heavy (non-hydrogen) atoms. The van der Waals surface area contributed by atoms with E-state index in [2.05, 4.69) is 40.8 Å². The highest BCUT2D eigenvalue weighted by Gasteiger charge is 2.14. The monoisotopic (exact) mass is 152 g/mol. The molecule has 0 aromatic carbocycles. The molecule has 0 bridgehead atoms. The van der Waals surface area contributed by atoms with Gasteiger partial charge >= 0.3 is 0 Å². The van der Waals surface area contributed by atoms with Crippen LogP contribution in [-0.4, -0.2) is 7.85 Å². The van der Waals surface area contributed by atoms with Gasteiger partial charge in [-0.2, -0.15) is 11.3 Å². The number of hydrogen-bond acceptors (Lipinski definition) is 1. The van der Waals surface area contributed by atoms with Crippen molar-refractivity contribution < 1.29 is 0 Å². The molecule has 54 valence electrons. The Morgan fingerprint density at radius 3 is 2.10 bits per heavy atom. The van der Waals surface area contributed by atoms with Crippen LogP contribution in [0, 0.1) is 0 Å². The molecule has 0 aliphatic carbocycles. The summed E-state index contributed by atoms with van der Waals surface area (Å²) in [5, 5.41) is 0. The van der Waals surface area contributed by atoms with Crippen molar-refractivity contribution >= 4 is 24.0 Å². The summed E-state index contributed by atoms with van der Waals surface area (Å²) < 4.78 is 1.41. The second kappa shape index (κ2) is 2.42. The molecule has 1 heterocycles. The SMILES string of the molecule is Bc1ccc(C(C)(C)C)s1. The summed E-state index contributed by atoms with van der Waals surface area (Å²) in [5.41, 5.74) is 0.332. The zero-order valence-corrected chi connectivity index (χ0v) is 7.88. The lowest BCUT2D eigenvalue weighted by atomic mass is 9.95. The molecule has 0 atom stereocenters. The molecule has 0 spiro atoms. The Kier molecular flexibility index (Phi) is 1.91. The molecule has 0 radical (unpaired) electrons. The van der Waals surface area contributed by atoms with Crippen LogP contribution in [0.1, 0.15) is 25.6 Å². The van der Waals surface area contributed by atoms with E-state index in [9.17, 15) is 0 Å². The van der Waals surface area contributed by atoms with Gasteiger partial charge in [0.2, 0.25) is 0 Å². The van der Waals surface area contributed by atoms with Gasteiger partial charge in [-0.15, -0.1) is 0 Å². The molecule has 0 saturated carbocycles. The zero-order chi connectivity index (χ0) is 7.78. The largest absolute Gasteiger partial charge is 0.156 e. The Morgan fingerprint density at radius 1 is 1.30 bits per heavy atom. The predicted octanol–water partition coefficient (Wildman–Crippen LogP) is 1.30. The second-order valence-electron chi connectivity index (χ2n) is 3.66. The molecule has 0 unspecified atom stereocenters. The van der Waals surface area contributed by atoms with Gasteiger partial charge < -0.3 is 0 Å². The average Bonchev–Trinajstić information content (AvgIpc) is 2.11. The maximum atomic E-state index is 2.25. The molecule has 0 fully saturated rings. The van der Waals surface area contributed by atoms with Crippen molar-refractivity contribution in [3.05, 3.63) is 17.0 Å². The molecule has 0 N–H and O–H groups in total. The molecule has 0 nitrogen and oxygen atoms in total. The molecule has 1 aromatic heterocycles. The Labute approximate surface area is 67.7 Å². The van der Waals surface area contributed by atoms with Crippen LogP contribution in [0.25, 0.3) is 0 Å². The zero-order valence-electron chi connectivity index (χ0n) is 7.06. The highest BCUT2D eigenvalue weighted by molar-refractivity contribution is 7.20. The van der Waals surface area contributed by atoms with Crippen LogP contribution >= 0.6 is 11.3 Å². The third kappa shape index (κ3) is 1.63. The van der Waals surface area contributed by atoms with Crippen molar-refractivity contribution in [2.24, 2.45) is 0 Å². The maximum absolute atomic E-state index is 2.25. The van der Waals surface area contributed by atoms with E-state index in [4.69, 9.17) is 0 Å². The molecule has 2 heteroatoms. The third-order valence-corrected chi connectivity index (χ3v) is 2.91. The van der Waals surface area contributed by atoms with Gasteiger partial charge in [0.05, 0.1) is 0 Å². The van der Waals surface area contributed by atoms with Crippen LogP contribution in [-0.2, 0) is 5.41 Å². The fourth-order valence-electron chi connectivity index (χ4n) is 0.838. The van der Waals surface area contributed by atoms with Gasteiger partial charge in [-0.1, -0.05) is 26.8 Å². The molecule has 0 saturated heterocycles. The van der Waals surface area contributed by atoms with Gasteiger partial charge in [-0.3, -0.25) is 0 Å². The molecular weight excluding hydrogens is 139 g/mol. The Balaban J connectivity index is 2.96. The maximum Gasteiger partial charge on any atom is 0.152 e. The van der Waals surface area contributed by atoms with E-state index in [-0.39, 0.29) is 0 Å². The van der Waals surface area contributed by atoms with E-state index >= 15 is 0 Å². The van der Waals surface area contributed by atoms with Crippen LogP contribution in [0.2, 0.25) is 0 Å². The summed E-state index contributed by atoms with van der Waals surface area (Å²) in [6.45, 7) is 6.74. The minimum atomic E-state index is 0.332. The first-order valence-electron chi connectivity index (χ1n) is 3.57. The van der Waals surface area contributed by atoms with Gasteiger partial charge in [-0.05, 0) is 16.3 Å². The summed E-state index contributed by atoms with van der Waals surface area (Å²) in [7, 11) is 2.15. The smallest absolute Gasteiger partial charge is 0.152 e. The van der Waals surface area contributed by atoms with Crippen LogP contribution < -0.4 is 4.78 Å². The van der Waals surface area contributed by atoms with Crippen molar-refractivity contribution in [1.82, 2.24) is 0 Å². The lowest BCUT2D eigenvalue weighted by Crippen LogP contribution is -2.08. The molecule has 1 rings (SSSR count). The molecule has 0 aliphatic rings. The van der Waals surface area contributed by atoms with Crippen molar-refractivity contribution in [3.63, 3.8) is 0 Å². The lowest BCUT2D eigenvalue weighted by molar-refractivity contribution is 0.604. The summed E-state index contributed by atoms with van der Waals surface area (Å²) in [4.78, 5) is 1.48. The van der Waals surface area contributed by atoms with Crippen molar-refractivity contribution in [3.8, 4) is 0 Å². The Morgan fingerprint density at radius 2 is 1.90 bits per heavy atom. The van der Waals surface area contributed by atoms with Crippen LogP contribution in [0.5, 0.6) is 0 Å². The van der Waals surface area contributed by atoms with Crippen molar-refractivity contribution in [2.45, 2.75) is 26.2 Å². The van der Waals surface area contributed by atoms with Crippen LogP contribution in [0.4, 0.5) is 0 Å². The summed E-state index contributed by atoms with van der Waals surface area (Å²) in [6.07, 6.45) is 0. The fraction of sp³-hybridized carbons (Fsp3) is 0.500. The van der Waals surface area contributed by atoms with E-state index < -0.39 is 0 Å². The first-order chi connectivity index (χ1) is 4.50. The fourth-order valence-corrected chi connectivity index (χ4v) is 1.76. The lowest BCUT2D eigenvalue weighted by Gasteiger charge is -2.15. The molecule has 0 amide bonds. The minimum absolute atomic E-state index is 0.332. The normalized spacial score (nSPS) is 11.9. The van der Waals surface area contributed by atoms with E-state index in [0.29, 0.717) is 5.41 Å². The van der Waals surface area contributed by atoms with Crippen LogP contribution in [0.3, 0.4) is 0 Å². The Hall–Kier alpha value is -0.235. The standard InChI is InChI=1S/C8H13BS/c1-8(2,3)6-4-5-7(9)10-6/h4-5H,9H2,1-3H3. The highest BCUT2D eigenvalue weighted by Crippen LogP contribution is 2.24. The highest BCUT2D eigenvalue weighted by atomic mass is 32.1. The summed E-state index contributed by atoms with van der Waals surface area (Å²) >= 11 is 1.89. The first-order valence-corrected chi connectivity index (χ1v) is 4.39. The molecular formula is C8H13BS. The minimum Gasteiger partial charge on any atom is -0.156 e. The van der Waals surface area contributed by atoms with Gasteiger partial charge in [0, 0.05) is 4.88 Å². The van der Waals surface area contributed by atoms with Crippen molar-refractivity contribution in [2.75, 3.05) is 0 Å².